The zero-order valence-electron chi connectivity index (χ0n) is 12.3. The van der Waals surface area contributed by atoms with Crippen molar-refractivity contribution < 1.29 is 14.3 Å². The lowest BCUT2D eigenvalue weighted by Gasteiger charge is -2.04. The summed E-state index contributed by atoms with van der Waals surface area (Å²) in [7, 11) is 0. The summed E-state index contributed by atoms with van der Waals surface area (Å²) in [6.45, 7) is 2.67. The van der Waals surface area contributed by atoms with E-state index in [9.17, 15) is 0 Å². The Morgan fingerprint density at radius 1 is 1.27 bits per heavy atom. The summed E-state index contributed by atoms with van der Waals surface area (Å²) in [5, 5.41) is 13.1. The third-order valence-electron chi connectivity index (χ3n) is 3.22. The molecule has 1 N–H and O–H groups in total. The first-order chi connectivity index (χ1) is 10.8. The van der Waals surface area contributed by atoms with Gasteiger partial charge in [-0.05, 0) is 30.7 Å². The van der Waals surface area contributed by atoms with Crippen molar-refractivity contribution in [2.24, 2.45) is 0 Å². The van der Waals surface area contributed by atoms with E-state index in [-0.39, 0.29) is 6.61 Å². The molecule has 0 aliphatic heterocycles. The first kappa shape index (κ1) is 14.3. The van der Waals surface area contributed by atoms with Crippen LogP contribution in [0.25, 0.3) is 11.6 Å². The Balaban J connectivity index is 1.77. The van der Waals surface area contributed by atoms with Gasteiger partial charge < -0.3 is 14.3 Å². The van der Waals surface area contributed by atoms with Crippen molar-refractivity contribution in [1.29, 1.82) is 0 Å². The van der Waals surface area contributed by atoms with Crippen LogP contribution in [-0.2, 0) is 13.2 Å². The van der Waals surface area contributed by atoms with Crippen LogP contribution in [-0.4, -0.2) is 26.5 Å². The highest BCUT2D eigenvalue weighted by Crippen LogP contribution is 2.25. The lowest BCUT2D eigenvalue weighted by atomic mass is 10.2. The van der Waals surface area contributed by atoms with Gasteiger partial charge in [-0.15, -0.1) is 0 Å². The second-order valence-electron chi connectivity index (χ2n) is 4.86. The Bertz CT molecular complexity index is 734. The third-order valence-corrected chi connectivity index (χ3v) is 3.22. The molecule has 3 aromatic rings. The molecule has 0 unspecified atom stereocenters. The van der Waals surface area contributed by atoms with Gasteiger partial charge in [-0.3, -0.25) is 0 Å². The van der Waals surface area contributed by atoms with Crippen LogP contribution in [0.3, 0.4) is 0 Å². The second kappa shape index (κ2) is 6.44. The molecule has 2 aromatic heterocycles. The number of ether oxygens (including phenoxy) is 1. The smallest absolute Gasteiger partial charge is 0.194 e. The summed E-state index contributed by atoms with van der Waals surface area (Å²) in [5.74, 6) is 2.77. The number of furan rings is 1. The number of aliphatic hydroxyl groups is 1. The first-order valence-electron chi connectivity index (χ1n) is 7.04. The lowest BCUT2D eigenvalue weighted by molar-refractivity contribution is 0.266. The molecule has 0 radical (unpaired) electrons. The fraction of sp³-hybridized carbons (Fsp3) is 0.250. The number of rotatable bonds is 6. The minimum absolute atomic E-state index is 0.0000909. The Kier molecular flexibility index (Phi) is 4.20. The van der Waals surface area contributed by atoms with Crippen molar-refractivity contribution in [3.63, 3.8) is 0 Å². The van der Waals surface area contributed by atoms with Crippen LogP contribution in [0.1, 0.15) is 11.3 Å². The molecule has 2 heterocycles. The molecule has 0 saturated carbocycles. The van der Waals surface area contributed by atoms with E-state index in [1.165, 1.54) is 6.33 Å². The van der Waals surface area contributed by atoms with Crippen molar-refractivity contribution >= 4 is 0 Å². The van der Waals surface area contributed by atoms with Gasteiger partial charge in [0, 0.05) is 0 Å². The van der Waals surface area contributed by atoms with E-state index in [1.807, 2.05) is 43.3 Å². The zero-order chi connectivity index (χ0) is 15.4. The van der Waals surface area contributed by atoms with Gasteiger partial charge in [0.25, 0.3) is 0 Å². The molecule has 22 heavy (non-hydrogen) atoms. The van der Waals surface area contributed by atoms with Crippen LogP contribution in [0.4, 0.5) is 0 Å². The van der Waals surface area contributed by atoms with E-state index in [4.69, 9.17) is 14.3 Å². The van der Waals surface area contributed by atoms with E-state index in [0.29, 0.717) is 24.7 Å². The Morgan fingerprint density at radius 2 is 2.09 bits per heavy atom. The van der Waals surface area contributed by atoms with Gasteiger partial charge >= 0.3 is 0 Å². The molecule has 0 atom stereocenters. The van der Waals surface area contributed by atoms with Gasteiger partial charge in [-0.2, -0.15) is 5.10 Å². The summed E-state index contributed by atoms with van der Waals surface area (Å²) in [6, 6.07) is 11.5. The van der Waals surface area contributed by atoms with Crippen molar-refractivity contribution in [3.05, 3.63) is 54.0 Å². The number of nitrogens with zero attached hydrogens (tertiary/aromatic N) is 3. The molecule has 6 heteroatoms. The van der Waals surface area contributed by atoms with Crippen LogP contribution in [0, 0.1) is 6.92 Å². The van der Waals surface area contributed by atoms with Crippen LogP contribution in [0.5, 0.6) is 5.75 Å². The highest BCUT2D eigenvalue weighted by molar-refractivity contribution is 5.53. The Labute approximate surface area is 128 Å². The monoisotopic (exact) mass is 299 g/mol. The van der Waals surface area contributed by atoms with Gasteiger partial charge in [-0.1, -0.05) is 18.2 Å². The van der Waals surface area contributed by atoms with E-state index in [2.05, 4.69) is 10.1 Å². The molecule has 0 bridgehead atoms. The van der Waals surface area contributed by atoms with E-state index >= 15 is 0 Å². The van der Waals surface area contributed by atoms with Crippen molar-refractivity contribution in [3.8, 4) is 17.3 Å². The van der Waals surface area contributed by atoms with Crippen LogP contribution in [0.2, 0.25) is 0 Å². The topological polar surface area (TPSA) is 73.3 Å². The van der Waals surface area contributed by atoms with Crippen molar-refractivity contribution in [1.82, 2.24) is 14.8 Å². The molecule has 114 valence electrons. The molecular weight excluding hydrogens is 282 g/mol. The standard InChI is InChI=1S/C16H17N3O3/c1-12-9-14(10-21-13-5-3-2-4-6-13)22-15(12)16-17-11-18-19(16)7-8-20/h2-6,9,11,20H,7-8,10H2,1H3. The predicted octanol–water partition coefficient (Wildman–Crippen LogP) is 2.42. The number of aliphatic hydroxyl groups excluding tert-OH is 1. The molecule has 0 aliphatic rings. The average Bonchev–Trinajstić information content (AvgIpc) is 3.13. The SMILES string of the molecule is Cc1cc(COc2ccccc2)oc1-c1ncnn1CCO. The average molecular weight is 299 g/mol. The van der Waals surface area contributed by atoms with Crippen molar-refractivity contribution in [2.45, 2.75) is 20.1 Å². The van der Waals surface area contributed by atoms with Gasteiger partial charge in [0.05, 0.1) is 13.2 Å². The van der Waals surface area contributed by atoms with Gasteiger partial charge in [0.15, 0.2) is 11.6 Å². The lowest BCUT2D eigenvalue weighted by Crippen LogP contribution is -2.05. The Morgan fingerprint density at radius 3 is 2.86 bits per heavy atom. The third kappa shape index (κ3) is 3.01. The summed E-state index contributed by atoms with van der Waals surface area (Å²) < 4.78 is 13.1. The molecular formula is C16H17N3O3. The summed E-state index contributed by atoms with van der Waals surface area (Å²) in [6.07, 6.45) is 1.45. The maximum atomic E-state index is 9.05. The number of hydrogen-bond donors (Lipinski definition) is 1. The normalized spacial score (nSPS) is 10.8. The summed E-state index contributed by atoms with van der Waals surface area (Å²) in [5.41, 5.74) is 0.957. The van der Waals surface area contributed by atoms with Gasteiger partial charge in [0.2, 0.25) is 0 Å². The molecule has 0 saturated heterocycles. The number of para-hydroxylation sites is 1. The highest BCUT2D eigenvalue weighted by Gasteiger charge is 2.16. The number of aryl methyl sites for hydroxylation is 1. The Hall–Kier alpha value is -2.60. The maximum absolute atomic E-state index is 9.05. The van der Waals surface area contributed by atoms with Crippen LogP contribution < -0.4 is 4.74 Å². The van der Waals surface area contributed by atoms with E-state index in [1.54, 1.807) is 4.68 Å². The highest BCUT2D eigenvalue weighted by atomic mass is 16.5. The molecule has 0 amide bonds. The fourth-order valence-corrected chi connectivity index (χ4v) is 2.21. The molecule has 0 fully saturated rings. The van der Waals surface area contributed by atoms with Gasteiger partial charge in [0.1, 0.15) is 24.4 Å². The van der Waals surface area contributed by atoms with E-state index < -0.39 is 0 Å². The number of benzene rings is 1. The van der Waals surface area contributed by atoms with Crippen LogP contribution >= 0.6 is 0 Å². The molecule has 3 rings (SSSR count). The minimum Gasteiger partial charge on any atom is -0.486 e. The number of hydrogen-bond acceptors (Lipinski definition) is 5. The maximum Gasteiger partial charge on any atom is 0.194 e. The molecule has 0 spiro atoms. The minimum atomic E-state index is 0.0000909. The quantitative estimate of drug-likeness (QED) is 0.756. The van der Waals surface area contributed by atoms with Crippen LogP contribution in [0.15, 0.2) is 47.1 Å². The zero-order valence-corrected chi connectivity index (χ0v) is 12.3. The summed E-state index contributed by atoms with van der Waals surface area (Å²) in [4.78, 5) is 4.20. The summed E-state index contributed by atoms with van der Waals surface area (Å²) >= 11 is 0. The molecule has 0 aliphatic carbocycles. The van der Waals surface area contributed by atoms with Crippen molar-refractivity contribution in [2.75, 3.05) is 6.61 Å². The second-order valence-corrected chi connectivity index (χ2v) is 4.86. The predicted molar refractivity (Wildman–Crippen MR) is 80.3 cm³/mol. The molecule has 1 aromatic carbocycles. The van der Waals surface area contributed by atoms with E-state index in [0.717, 1.165) is 17.1 Å². The molecule has 6 nitrogen and oxygen atoms in total. The largest absolute Gasteiger partial charge is 0.486 e. The number of aromatic nitrogens is 3. The fourth-order valence-electron chi connectivity index (χ4n) is 2.21. The van der Waals surface area contributed by atoms with Gasteiger partial charge in [-0.25, -0.2) is 9.67 Å². The first-order valence-corrected chi connectivity index (χ1v) is 7.04.